The van der Waals surface area contributed by atoms with E-state index in [0.717, 1.165) is 18.2 Å². The maximum Gasteiger partial charge on any atom is 0.217 e. The minimum absolute atomic E-state index is 0.467. The van der Waals surface area contributed by atoms with Crippen LogP contribution in [0.25, 0.3) is 0 Å². The molecule has 0 atom stereocenters. The second-order valence-corrected chi connectivity index (χ2v) is 10.6. The molecule has 1 heterocycles. The van der Waals surface area contributed by atoms with Gasteiger partial charge in [-0.1, -0.05) is 0 Å². The van der Waals surface area contributed by atoms with Crippen LogP contribution in [0, 0.1) is 0 Å². The largest absolute Gasteiger partial charge is 0.358 e. The molecule has 98 valence electrons. The van der Waals surface area contributed by atoms with E-state index >= 15 is 0 Å². The van der Waals surface area contributed by atoms with Crippen molar-refractivity contribution in [3.63, 3.8) is 0 Å². The number of rotatable bonds is 6. The van der Waals surface area contributed by atoms with Crippen LogP contribution in [0.15, 0.2) is 4.73 Å². The molecule has 4 nitrogen and oxygen atoms in total. The topological polar surface area (TPSA) is 39.9 Å². The summed E-state index contributed by atoms with van der Waals surface area (Å²) in [5, 5.41) is 4.31. The molecule has 6 heteroatoms. The lowest BCUT2D eigenvalue weighted by atomic mass is 10.4. The summed E-state index contributed by atoms with van der Waals surface area (Å²) < 4.78 is 8.25. The van der Waals surface area contributed by atoms with Gasteiger partial charge in [-0.05, 0) is 47.5 Å². The first kappa shape index (κ1) is 13.4. The Balaban J connectivity index is 1.82. The molecule has 0 unspecified atom stereocenters. The molecule has 0 saturated heterocycles. The molecule has 0 aromatic carbocycles. The number of halogens is 1. The molecule has 0 radical (unpaired) electrons. The molecule has 1 saturated carbocycles. The summed E-state index contributed by atoms with van der Waals surface area (Å²) in [7, 11) is -0.467. The van der Waals surface area contributed by atoms with E-state index in [-0.39, 0.29) is 0 Å². The average molecular weight is 322 g/mol. The smallest absolute Gasteiger partial charge is 0.217 e. The van der Waals surface area contributed by atoms with Gasteiger partial charge in [0.2, 0.25) is 4.73 Å². The van der Waals surface area contributed by atoms with Gasteiger partial charge in [0, 0.05) is 11.7 Å². The Kier molecular flexibility index (Phi) is 4.15. The molecule has 0 amide bonds. The van der Waals surface area contributed by atoms with Gasteiger partial charge in [0.25, 0.3) is 0 Å². The van der Waals surface area contributed by atoms with Crippen LogP contribution in [0.2, 0.25) is 0 Å². The first-order valence-electron chi connectivity index (χ1n) is 5.80. The molecule has 1 aliphatic rings. The Hall–Kier alpha value is -0.0700. The lowest BCUT2D eigenvalue weighted by molar-refractivity contribution is 0.0782. The van der Waals surface area contributed by atoms with Crippen molar-refractivity contribution < 1.29 is 4.74 Å². The van der Waals surface area contributed by atoms with E-state index in [1.54, 1.807) is 0 Å². The Morgan fingerprint density at radius 1 is 1.41 bits per heavy atom. The first-order chi connectivity index (χ1) is 7.96. The van der Waals surface area contributed by atoms with Crippen LogP contribution in [0.3, 0.4) is 0 Å². The highest BCUT2D eigenvalue weighted by atomic mass is 79.9. The predicted molar refractivity (Wildman–Crippen MR) is 75.9 cm³/mol. The summed E-state index contributed by atoms with van der Waals surface area (Å²) >= 11 is 3.33. The zero-order valence-corrected chi connectivity index (χ0v) is 13.1. The molecular formula is C11H20BrN3OS. The lowest BCUT2D eigenvalue weighted by Gasteiger charge is -2.24. The summed E-state index contributed by atoms with van der Waals surface area (Å²) in [6.45, 7) is 1.33. The van der Waals surface area contributed by atoms with Crippen molar-refractivity contribution >= 4 is 26.0 Å². The highest BCUT2D eigenvalue weighted by Gasteiger charge is 2.29. The van der Waals surface area contributed by atoms with E-state index in [2.05, 4.69) is 44.8 Å². The van der Waals surface area contributed by atoms with Crippen molar-refractivity contribution in [3.8, 4) is 0 Å². The SMILES string of the molecule is CS(C)(C)CCOCn1nc(Br)nc1C1CC1. The Bertz CT molecular complexity index is 385. The summed E-state index contributed by atoms with van der Waals surface area (Å²) in [6, 6.07) is 0. The van der Waals surface area contributed by atoms with Crippen LogP contribution in [0.1, 0.15) is 24.6 Å². The minimum atomic E-state index is -0.467. The molecule has 0 N–H and O–H groups in total. The molecule has 0 bridgehead atoms. The van der Waals surface area contributed by atoms with Gasteiger partial charge in [-0.15, -0.1) is 5.10 Å². The summed E-state index contributed by atoms with van der Waals surface area (Å²) in [6.07, 6.45) is 9.38. The van der Waals surface area contributed by atoms with E-state index in [1.807, 2.05) is 4.68 Å². The van der Waals surface area contributed by atoms with Gasteiger partial charge in [0.1, 0.15) is 12.6 Å². The van der Waals surface area contributed by atoms with Crippen LogP contribution >= 0.6 is 26.0 Å². The first-order valence-corrected chi connectivity index (χ1v) is 9.62. The van der Waals surface area contributed by atoms with Gasteiger partial charge in [-0.2, -0.15) is 0 Å². The molecule has 2 rings (SSSR count). The quantitative estimate of drug-likeness (QED) is 0.756. The van der Waals surface area contributed by atoms with Crippen molar-refractivity contribution in [2.75, 3.05) is 31.1 Å². The summed E-state index contributed by atoms with van der Waals surface area (Å²) in [5.74, 6) is 2.81. The number of aromatic nitrogens is 3. The van der Waals surface area contributed by atoms with Crippen LogP contribution in [0.5, 0.6) is 0 Å². The third-order valence-electron chi connectivity index (χ3n) is 2.67. The molecular weight excluding hydrogens is 302 g/mol. The maximum absolute atomic E-state index is 5.69. The summed E-state index contributed by atoms with van der Waals surface area (Å²) in [4.78, 5) is 4.39. The highest BCUT2D eigenvalue weighted by molar-refractivity contribution is 9.10. The monoisotopic (exact) mass is 321 g/mol. The number of ether oxygens (including phenoxy) is 1. The van der Waals surface area contributed by atoms with Gasteiger partial charge in [0.15, 0.2) is 0 Å². The van der Waals surface area contributed by atoms with E-state index in [0.29, 0.717) is 17.4 Å². The third kappa shape index (κ3) is 4.26. The zero-order valence-electron chi connectivity index (χ0n) is 10.6. The normalized spacial score (nSPS) is 17.4. The molecule has 0 spiro atoms. The van der Waals surface area contributed by atoms with Crippen molar-refractivity contribution in [1.29, 1.82) is 0 Å². The number of hydrogen-bond acceptors (Lipinski definition) is 3. The van der Waals surface area contributed by atoms with E-state index in [1.165, 1.54) is 12.8 Å². The Morgan fingerprint density at radius 3 is 2.71 bits per heavy atom. The van der Waals surface area contributed by atoms with Gasteiger partial charge < -0.3 is 4.74 Å². The summed E-state index contributed by atoms with van der Waals surface area (Å²) in [5.41, 5.74) is 0. The molecule has 1 fully saturated rings. The maximum atomic E-state index is 5.69. The van der Waals surface area contributed by atoms with E-state index < -0.39 is 10.0 Å². The zero-order chi connectivity index (χ0) is 12.5. The second-order valence-electron chi connectivity index (χ2n) is 5.35. The van der Waals surface area contributed by atoms with Crippen molar-refractivity contribution in [1.82, 2.24) is 14.8 Å². The molecule has 0 aliphatic heterocycles. The fourth-order valence-corrected chi connectivity index (χ4v) is 2.51. The van der Waals surface area contributed by atoms with Gasteiger partial charge in [0.05, 0.1) is 6.61 Å². The fourth-order valence-electron chi connectivity index (χ4n) is 1.52. The van der Waals surface area contributed by atoms with Gasteiger partial charge in [-0.3, -0.25) is 0 Å². The number of hydrogen-bond donors (Lipinski definition) is 0. The van der Waals surface area contributed by atoms with Crippen molar-refractivity contribution in [2.24, 2.45) is 0 Å². The fraction of sp³-hybridized carbons (Fsp3) is 0.818. The van der Waals surface area contributed by atoms with Gasteiger partial charge in [-0.25, -0.2) is 19.7 Å². The van der Waals surface area contributed by atoms with Crippen LogP contribution in [0.4, 0.5) is 0 Å². The lowest BCUT2D eigenvalue weighted by Crippen LogP contribution is -2.12. The molecule has 17 heavy (non-hydrogen) atoms. The standard InChI is InChI=1S/C11H20BrN3OS/c1-17(2,3)7-6-16-8-15-10(9-4-5-9)13-11(12)14-15/h9H,4-8H2,1-3H3. The number of nitrogens with zero attached hydrogens (tertiary/aromatic N) is 3. The Morgan fingerprint density at radius 2 is 2.12 bits per heavy atom. The molecule has 1 aromatic rings. The van der Waals surface area contributed by atoms with Crippen LogP contribution in [-0.2, 0) is 11.5 Å². The predicted octanol–water partition coefficient (Wildman–Crippen LogP) is 2.59. The second kappa shape index (κ2) is 5.28. The van der Waals surface area contributed by atoms with Crippen molar-refractivity contribution in [3.05, 3.63) is 10.6 Å². The third-order valence-corrected chi connectivity index (χ3v) is 4.40. The van der Waals surface area contributed by atoms with Gasteiger partial charge >= 0.3 is 0 Å². The van der Waals surface area contributed by atoms with Crippen LogP contribution < -0.4 is 0 Å². The van der Waals surface area contributed by atoms with Crippen molar-refractivity contribution in [2.45, 2.75) is 25.5 Å². The minimum Gasteiger partial charge on any atom is -0.358 e. The molecule has 1 aliphatic carbocycles. The Labute approximate surface area is 113 Å². The van der Waals surface area contributed by atoms with Crippen LogP contribution in [-0.4, -0.2) is 45.9 Å². The average Bonchev–Trinajstić information content (AvgIpc) is 2.97. The van der Waals surface area contributed by atoms with E-state index in [4.69, 9.17) is 4.74 Å². The highest BCUT2D eigenvalue weighted by Crippen LogP contribution is 2.39. The molecule has 1 aromatic heterocycles. The van der Waals surface area contributed by atoms with E-state index in [9.17, 15) is 0 Å².